The molecule has 0 spiro atoms. The second-order valence-electron chi connectivity index (χ2n) is 5.80. The second kappa shape index (κ2) is 6.42. The monoisotopic (exact) mass is 359 g/mol. The number of hydrogen-bond acceptors (Lipinski definition) is 2. The van der Waals surface area contributed by atoms with Crippen LogP contribution in [0.4, 0.5) is 0 Å². The maximum Gasteiger partial charge on any atom is 0.273 e. The molecule has 1 aliphatic rings. The first-order valence-corrected chi connectivity index (χ1v) is 8.22. The summed E-state index contributed by atoms with van der Waals surface area (Å²) in [5.74, 6) is -0.881. The van der Waals surface area contributed by atoms with Gasteiger partial charge in [0, 0.05) is 5.02 Å². The molecule has 2 aromatic rings. The Morgan fingerprint density at radius 3 is 2.33 bits per heavy atom. The van der Waals surface area contributed by atoms with Crippen LogP contribution in [0.2, 0.25) is 5.02 Å². The van der Waals surface area contributed by atoms with Crippen molar-refractivity contribution in [3.63, 3.8) is 0 Å². The molecule has 1 aliphatic heterocycles. The van der Waals surface area contributed by atoms with Gasteiger partial charge in [-0.1, -0.05) is 65.2 Å². The first-order valence-electron chi connectivity index (χ1n) is 7.47. The zero-order valence-corrected chi connectivity index (χ0v) is 14.8. The summed E-state index contributed by atoms with van der Waals surface area (Å²) >= 11 is 12.3. The molecule has 5 heteroatoms. The van der Waals surface area contributed by atoms with Gasteiger partial charge in [-0.3, -0.25) is 14.5 Å². The van der Waals surface area contributed by atoms with Gasteiger partial charge in [0.15, 0.2) is 0 Å². The molecular weight excluding hydrogens is 345 g/mol. The van der Waals surface area contributed by atoms with E-state index in [4.69, 9.17) is 23.2 Å². The summed E-state index contributed by atoms with van der Waals surface area (Å²) in [4.78, 5) is 26.4. The minimum Gasteiger partial charge on any atom is -0.269 e. The van der Waals surface area contributed by atoms with Crippen LogP contribution in [0.5, 0.6) is 0 Å². The van der Waals surface area contributed by atoms with Crippen molar-refractivity contribution in [2.75, 3.05) is 0 Å². The Balaban J connectivity index is 1.97. The number of aryl methyl sites for hydroxylation is 2. The molecule has 1 heterocycles. The lowest BCUT2D eigenvalue weighted by Crippen LogP contribution is -2.30. The van der Waals surface area contributed by atoms with Gasteiger partial charge in [-0.2, -0.15) is 0 Å². The summed E-state index contributed by atoms with van der Waals surface area (Å²) in [6.07, 6.45) is 0. The van der Waals surface area contributed by atoms with Gasteiger partial charge < -0.3 is 0 Å². The smallest absolute Gasteiger partial charge is 0.269 e. The average Bonchev–Trinajstić information content (AvgIpc) is 2.74. The van der Waals surface area contributed by atoms with Crippen LogP contribution in [-0.4, -0.2) is 16.7 Å². The Labute approximate surface area is 150 Å². The molecule has 0 aliphatic carbocycles. The van der Waals surface area contributed by atoms with Crippen LogP contribution in [-0.2, 0) is 16.1 Å². The molecule has 0 radical (unpaired) electrons. The number of carbonyl (C=O) groups is 2. The molecule has 0 unspecified atom stereocenters. The maximum atomic E-state index is 12.8. The maximum absolute atomic E-state index is 12.8. The fraction of sp³-hybridized carbons (Fsp3) is 0.158. The molecule has 0 saturated carbocycles. The van der Waals surface area contributed by atoms with Gasteiger partial charge in [0.05, 0.1) is 12.1 Å². The fourth-order valence-electron chi connectivity index (χ4n) is 2.81. The van der Waals surface area contributed by atoms with Crippen LogP contribution in [0.3, 0.4) is 0 Å². The van der Waals surface area contributed by atoms with E-state index in [1.54, 1.807) is 18.2 Å². The van der Waals surface area contributed by atoms with E-state index in [1.807, 2.05) is 38.1 Å². The standard InChI is InChI=1S/C19H15Cl2NO2/c1-11-7-8-14(12(2)9-11)16-17(21)19(24)22(18(16)23)10-13-5-3-4-6-15(13)20/h3-9H,10H2,1-2H3. The predicted molar refractivity (Wildman–Crippen MR) is 95.7 cm³/mol. The minimum atomic E-state index is -0.489. The molecule has 3 nitrogen and oxygen atoms in total. The zero-order chi connectivity index (χ0) is 17.4. The van der Waals surface area contributed by atoms with Gasteiger partial charge in [-0.15, -0.1) is 0 Å². The molecule has 0 saturated heterocycles. The van der Waals surface area contributed by atoms with E-state index >= 15 is 0 Å². The molecule has 0 fully saturated rings. The second-order valence-corrected chi connectivity index (χ2v) is 6.58. The average molecular weight is 360 g/mol. The van der Waals surface area contributed by atoms with Crippen LogP contribution in [0.25, 0.3) is 5.57 Å². The highest BCUT2D eigenvalue weighted by molar-refractivity contribution is 6.55. The van der Waals surface area contributed by atoms with Crippen molar-refractivity contribution in [1.82, 2.24) is 4.90 Å². The highest BCUT2D eigenvalue weighted by atomic mass is 35.5. The normalized spacial score (nSPS) is 14.8. The Morgan fingerprint density at radius 1 is 0.958 bits per heavy atom. The first-order chi connectivity index (χ1) is 11.4. The van der Waals surface area contributed by atoms with E-state index in [0.29, 0.717) is 16.1 Å². The molecule has 0 bridgehead atoms. The number of hydrogen-bond donors (Lipinski definition) is 0. The van der Waals surface area contributed by atoms with Crippen molar-refractivity contribution in [3.8, 4) is 0 Å². The molecule has 3 rings (SSSR count). The number of amides is 2. The fourth-order valence-corrected chi connectivity index (χ4v) is 3.29. The van der Waals surface area contributed by atoms with Gasteiger partial charge in [-0.25, -0.2) is 0 Å². The van der Waals surface area contributed by atoms with Crippen molar-refractivity contribution < 1.29 is 9.59 Å². The summed E-state index contributed by atoms with van der Waals surface area (Å²) < 4.78 is 0. The third-order valence-electron chi connectivity index (χ3n) is 4.05. The van der Waals surface area contributed by atoms with Crippen molar-refractivity contribution in [2.45, 2.75) is 20.4 Å². The lowest BCUT2D eigenvalue weighted by molar-refractivity contribution is -0.137. The topological polar surface area (TPSA) is 37.4 Å². The summed E-state index contributed by atoms with van der Waals surface area (Å²) in [5.41, 5.74) is 3.63. The Hall–Kier alpha value is -2.10. The molecule has 2 aromatic carbocycles. The molecule has 24 heavy (non-hydrogen) atoms. The summed E-state index contributed by atoms with van der Waals surface area (Å²) in [7, 11) is 0. The molecule has 122 valence electrons. The van der Waals surface area contributed by atoms with E-state index in [9.17, 15) is 9.59 Å². The van der Waals surface area contributed by atoms with Gasteiger partial charge in [0.1, 0.15) is 5.03 Å². The van der Waals surface area contributed by atoms with E-state index in [0.717, 1.165) is 16.0 Å². The minimum absolute atomic E-state index is 0.0426. The quantitative estimate of drug-likeness (QED) is 0.757. The van der Waals surface area contributed by atoms with Crippen LogP contribution in [0.1, 0.15) is 22.3 Å². The van der Waals surface area contributed by atoms with E-state index < -0.39 is 11.8 Å². The lowest BCUT2D eigenvalue weighted by Gasteiger charge is -2.16. The van der Waals surface area contributed by atoms with Crippen molar-refractivity contribution in [2.24, 2.45) is 0 Å². The molecule has 0 aromatic heterocycles. The third kappa shape index (κ3) is 2.85. The Bertz CT molecular complexity index is 887. The van der Waals surface area contributed by atoms with Crippen molar-refractivity contribution in [3.05, 3.63) is 74.8 Å². The summed E-state index contributed by atoms with van der Waals surface area (Å²) in [5, 5.41) is 0.466. The van der Waals surface area contributed by atoms with Crippen LogP contribution < -0.4 is 0 Å². The zero-order valence-electron chi connectivity index (χ0n) is 13.3. The molecule has 0 N–H and O–H groups in total. The van der Waals surface area contributed by atoms with E-state index in [2.05, 4.69) is 0 Å². The number of halogens is 2. The highest BCUT2D eigenvalue weighted by Crippen LogP contribution is 2.34. The number of nitrogens with zero attached hydrogens (tertiary/aromatic N) is 1. The van der Waals surface area contributed by atoms with Crippen LogP contribution in [0, 0.1) is 13.8 Å². The van der Waals surface area contributed by atoms with Gasteiger partial charge in [0.2, 0.25) is 0 Å². The molecular formula is C19H15Cl2NO2. The lowest BCUT2D eigenvalue weighted by atomic mass is 9.99. The van der Waals surface area contributed by atoms with E-state index in [1.165, 1.54) is 0 Å². The van der Waals surface area contributed by atoms with Crippen molar-refractivity contribution >= 4 is 40.6 Å². The number of benzene rings is 2. The summed E-state index contributed by atoms with van der Waals surface area (Å²) in [6.45, 7) is 3.97. The van der Waals surface area contributed by atoms with Crippen LogP contribution in [0.15, 0.2) is 47.5 Å². The number of carbonyl (C=O) groups excluding carboxylic acids is 2. The largest absolute Gasteiger partial charge is 0.273 e. The molecule has 2 amide bonds. The highest BCUT2D eigenvalue weighted by Gasteiger charge is 2.38. The SMILES string of the molecule is Cc1ccc(C2=C(Cl)C(=O)N(Cc3ccccc3Cl)C2=O)c(C)c1. The first kappa shape index (κ1) is 16.7. The van der Waals surface area contributed by atoms with Gasteiger partial charge in [0.25, 0.3) is 11.8 Å². The van der Waals surface area contributed by atoms with Gasteiger partial charge >= 0.3 is 0 Å². The Morgan fingerprint density at radius 2 is 1.67 bits per heavy atom. The van der Waals surface area contributed by atoms with Gasteiger partial charge in [-0.05, 0) is 36.6 Å². The Kier molecular flexibility index (Phi) is 4.48. The molecule has 0 atom stereocenters. The van der Waals surface area contributed by atoms with E-state index in [-0.39, 0.29) is 17.2 Å². The van der Waals surface area contributed by atoms with Crippen molar-refractivity contribution in [1.29, 1.82) is 0 Å². The number of imide groups is 1. The third-order valence-corrected chi connectivity index (χ3v) is 4.77. The number of rotatable bonds is 3. The predicted octanol–water partition coefficient (Wildman–Crippen LogP) is 4.48. The summed E-state index contributed by atoms with van der Waals surface area (Å²) in [6, 6.07) is 12.8. The van der Waals surface area contributed by atoms with Crippen LogP contribution >= 0.6 is 23.2 Å².